The molecule has 0 saturated heterocycles. The number of carbonyl (C=O) groups is 1. The molecule has 0 saturated carbocycles. The average Bonchev–Trinajstić information content (AvgIpc) is 2.60. The fourth-order valence-corrected chi connectivity index (χ4v) is 3.14. The third-order valence-corrected chi connectivity index (χ3v) is 4.22. The normalized spacial score (nSPS) is 12.8. The summed E-state index contributed by atoms with van der Waals surface area (Å²) >= 11 is 0. The van der Waals surface area contributed by atoms with Gasteiger partial charge in [-0.05, 0) is 24.6 Å². The van der Waals surface area contributed by atoms with E-state index in [9.17, 15) is 14.7 Å². The molecular weight excluding hydrogens is 352 g/mol. The van der Waals surface area contributed by atoms with Gasteiger partial charge in [-0.1, -0.05) is 6.07 Å². The second-order valence-corrected chi connectivity index (χ2v) is 6.13. The van der Waals surface area contributed by atoms with Crippen LogP contribution in [0.1, 0.15) is 12.7 Å². The van der Waals surface area contributed by atoms with Crippen molar-refractivity contribution in [1.29, 1.82) is 0 Å². The number of benzene rings is 2. The Balaban J connectivity index is 1.91. The Labute approximate surface area is 153 Å². The molecule has 1 aliphatic rings. The van der Waals surface area contributed by atoms with Gasteiger partial charge in [0.2, 0.25) is 5.43 Å². The lowest BCUT2D eigenvalue weighted by Crippen LogP contribution is -2.15. The predicted octanol–water partition coefficient (Wildman–Crippen LogP) is 3.17. The Hall–Kier alpha value is -3.48. The summed E-state index contributed by atoms with van der Waals surface area (Å²) in [7, 11) is 0. The van der Waals surface area contributed by atoms with Gasteiger partial charge in [-0.25, -0.2) is 0 Å². The minimum atomic E-state index is -0.541. The summed E-state index contributed by atoms with van der Waals surface area (Å²) in [6, 6.07) is 7.80. The number of ether oxygens (including phenoxy) is 3. The molecule has 0 unspecified atom stereocenters. The molecule has 0 spiro atoms. The SMILES string of the molecule is CC(=O)Oc1cc(O)c2c(=O)c(-c3ccc4c(c3)OCCO4)c(C)oc2c1. The van der Waals surface area contributed by atoms with Gasteiger partial charge in [0.15, 0.2) is 11.5 Å². The van der Waals surface area contributed by atoms with Crippen LogP contribution in [0.25, 0.3) is 22.1 Å². The fourth-order valence-electron chi connectivity index (χ4n) is 3.14. The summed E-state index contributed by atoms with van der Waals surface area (Å²) in [5.74, 6) is 0.761. The number of aryl methyl sites for hydroxylation is 1. The largest absolute Gasteiger partial charge is 0.507 e. The van der Waals surface area contributed by atoms with Crippen molar-refractivity contribution in [1.82, 2.24) is 0 Å². The molecule has 7 nitrogen and oxygen atoms in total. The number of esters is 1. The van der Waals surface area contributed by atoms with Crippen LogP contribution < -0.4 is 19.6 Å². The zero-order valence-corrected chi connectivity index (χ0v) is 14.7. The quantitative estimate of drug-likeness (QED) is 0.548. The molecular formula is C20H16O7. The lowest BCUT2D eigenvalue weighted by atomic mass is 10.0. The van der Waals surface area contributed by atoms with Crippen LogP contribution in [0, 0.1) is 6.92 Å². The fraction of sp³-hybridized carbons (Fsp3) is 0.200. The third-order valence-electron chi connectivity index (χ3n) is 4.22. The van der Waals surface area contributed by atoms with Crippen LogP contribution in [0.2, 0.25) is 0 Å². The van der Waals surface area contributed by atoms with E-state index in [1.807, 2.05) is 0 Å². The zero-order valence-electron chi connectivity index (χ0n) is 14.7. The minimum absolute atomic E-state index is 0.0152. The highest BCUT2D eigenvalue weighted by atomic mass is 16.6. The highest BCUT2D eigenvalue weighted by molar-refractivity contribution is 5.89. The number of aromatic hydroxyl groups is 1. The smallest absolute Gasteiger partial charge is 0.308 e. The second kappa shape index (κ2) is 6.35. The van der Waals surface area contributed by atoms with Crippen molar-refractivity contribution in [3.63, 3.8) is 0 Å². The molecule has 1 aromatic heterocycles. The summed E-state index contributed by atoms with van der Waals surface area (Å²) in [5.41, 5.74) is 0.651. The Morgan fingerprint density at radius 1 is 1.11 bits per heavy atom. The van der Waals surface area contributed by atoms with Crippen LogP contribution in [0.15, 0.2) is 39.5 Å². The topological polar surface area (TPSA) is 95.2 Å². The number of rotatable bonds is 2. The molecule has 2 aromatic carbocycles. The molecule has 3 aromatic rings. The average molecular weight is 368 g/mol. The van der Waals surface area contributed by atoms with E-state index in [1.54, 1.807) is 25.1 Å². The van der Waals surface area contributed by atoms with E-state index in [-0.39, 0.29) is 22.5 Å². The molecule has 0 amide bonds. The highest BCUT2D eigenvalue weighted by Crippen LogP contribution is 2.36. The monoisotopic (exact) mass is 368 g/mol. The van der Waals surface area contributed by atoms with Crippen LogP contribution in [0.3, 0.4) is 0 Å². The van der Waals surface area contributed by atoms with E-state index in [1.165, 1.54) is 19.1 Å². The van der Waals surface area contributed by atoms with Gasteiger partial charge in [-0.3, -0.25) is 9.59 Å². The Kier molecular flexibility index (Phi) is 3.99. The Bertz CT molecular complexity index is 1130. The Morgan fingerprint density at radius 3 is 2.59 bits per heavy atom. The minimum Gasteiger partial charge on any atom is -0.507 e. The van der Waals surface area contributed by atoms with Crippen molar-refractivity contribution in [2.24, 2.45) is 0 Å². The zero-order chi connectivity index (χ0) is 19.1. The van der Waals surface area contributed by atoms with E-state index in [0.717, 1.165) is 0 Å². The molecule has 2 heterocycles. The summed E-state index contributed by atoms with van der Waals surface area (Å²) in [6.07, 6.45) is 0. The first kappa shape index (κ1) is 17.0. The van der Waals surface area contributed by atoms with Crippen molar-refractivity contribution in [2.75, 3.05) is 13.2 Å². The van der Waals surface area contributed by atoms with Gasteiger partial charge in [0.05, 0.1) is 5.56 Å². The molecule has 0 radical (unpaired) electrons. The standard InChI is InChI=1S/C20H16O7/c1-10-18(12-3-4-15-16(7-12)25-6-5-24-15)20(23)19-14(22)8-13(27-11(2)21)9-17(19)26-10/h3-4,7-9,22H,5-6H2,1-2H3. The molecule has 138 valence electrons. The number of carbonyl (C=O) groups excluding carboxylic acids is 1. The van der Waals surface area contributed by atoms with Gasteiger partial charge in [0.1, 0.15) is 41.4 Å². The van der Waals surface area contributed by atoms with Crippen molar-refractivity contribution in [2.45, 2.75) is 13.8 Å². The molecule has 4 rings (SSSR count). The van der Waals surface area contributed by atoms with Crippen LogP contribution in [0.4, 0.5) is 0 Å². The Morgan fingerprint density at radius 2 is 1.85 bits per heavy atom. The first-order valence-corrected chi connectivity index (χ1v) is 8.33. The molecule has 7 heteroatoms. The first-order valence-electron chi connectivity index (χ1n) is 8.33. The first-order chi connectivity index (χ1) is 12.9. The van der Waals surface area contributed by atoms with Crippen molar-refractivity contribution >= 4 is 16.9 Å². The third kappa shape index (κ3) is 2.97. The van der Waals surface area contributed by atoms with Crippen LogP contribution in [-0.4, -0.2) is 24.3 Å². The molecule has 0 aliphatic carbocycles. The van der Waals surface area contributed by atoms with Crippen molar-refractivity contribution in [3.8, 4) is 34.1 Å². The molecule has 1 N–H and O–H groups in total. The van der Waals surface area contributed by atoms with Gasteiger partial charge in [0, 0.05) is 19.1 Å². The maximum Gasteiger partial charge on any atom is 0.308 e. The molecule has 0 bridgehead atoms. The maximum absolute atomic E-state index is 13.1. The molecule has 0 fully saturated rings. The van der Waals surface area contributed by atoms with E-state index in [2.05, 4.69) is 0 Å². The van der Waals surface area contributed by atoms with Crippen LogP contribution >= 0.6 is 0 Å². The van der Waals surface area contributed by atoms with E-state index in [4.69, 9.17) is 18.6 Å². The van der Waals surface area contributed by atoms with E-state index >= 15 is 0 Å². The molecule has 0 atom stereocenters. The number of hydrogen-bond acceptors (Lipinski definition) is 7. The van der Waals surface area contributed by atoms with E-state index < -0.39 is 11.4 Å². The van der Waals surface area contributed by atoms with Gasteiger partial charge in [-0.2, -0.15) is 0 Å². The summed E-state index contributed by atoms with van der Waals surface area (Å²) in [4.78, 5) is 24.2. The number of hydrogen-bond donors (Lipinski definition) is 1. The molecule has 27 heavy (non-hydrogen) atoms. The molecule has 1 aliphatic heterocycles. The second-order valence-electron chi connectivity index (χ2n) is 6.13. The van der Waals surface area contributed by atoms with Gasteiger partial charge < -0.3 is 23.7 Å². The summed E-state index contributed by atoms with van der Waals surface area (Å²) in [6.45, 7) is 3.81. The lowest BCUT2D eigenvalue weighted by Gasteiger charge is -2.19. The maximum atomic E-state index is 13.1. The number of fused-ring (bicyclic) bond motifs is 2. The lowest BCUT2D eigenvalue weighted by molar-refractivity contribution is -0.131. The van der Waals surface area contributed by atoms with Gasteiger partial charge in [0.25, 0.3) is 0 Å². The number of phenols is 1. The van der Waals surface area contributed by atoms with E-state index in [0.29, 0.717) is 41.6 Å². The van der Waals surface area contributed by atoms with Crippen LogP contribution in [-0.2, 0) is 4.79 Å². The summed E-state index contributed by atoms with van der Waals surface area (Å²) in [5, 5.41) is 10.3. The van der Waals surface area contributed by atoms with Crippen molar-refractivity contribution < 1.29 is 28.5 Å². The summed E-state index contributed by atoms with van der Waals surface area (Å²) < 4.78 is 21.8. The van der Waals surface area contributed by atoms with Crippen LogP contribution in [0.5, 0.6) is 23.0 Å². The number of phenolic OH excluding ortho intramolecular Hbond substituents is 1. The van der Waals surface area contributed by atoms with Gasteiger partial charge >= 0.3 is 5.97 Å². The van der Waals surface area contributed by atoms with Gasteiger partial charge in [-0.15, -0.1) is 0 Å². The highest BCUT2D eigenvalue weighted by Gasteiger charge is 2.20. The predicted molar refractivity (Wildman–Crippen MR) is 96.6 cm³/mol. The van der Waals surface area contributed by atoms with Crippen molar-refractivity contribution in [3.05, 3.63) is 46.3 Å².